The Morgan fingerprint density at radius 2 is 0.712 bits per heavy atom. The summed E-state index contributed by atoms with van der Waals surface area (Å²) in [6.07, 6.45) is 0. The predicted molar refractivity (Wildman–Crippen MR) is 225 cm³/mol. The van der Waals surface area contributed by atoms with Gasteiger partial charge in [0.2, 0.25) is 0 Å². The first kappa shape index (κ1) is 30.2. The van der Waals surface area contributed by atoms with E-state index in [1.165, 1.54) is 49.7 Å². The maximum absolute atomic E-state index is 6.82. The molecule has 3 nitrogen and oxygen atoms in total. The lowest BCUT2D eigenvalue weighted by atomic mass is 9.95. The molecule has 52 heavy (non-hydrogen) atoms. The molecule has 0 aliphatic carbocycles. The fourth-order valence-corrected chi connectivity index (χ4v) is 11.2. The highest BCUT2D eigenvalue weighted by molar-refractivity contribution is 7.26. The van der Waals surface area contributed by atoms with Crippen molar-refractivity contribution in [3.05, 3.63) is 151 Å². The maximum atomic E-state index is 6.82. The number of benzene rings is 7. The van der Waals surface area contributed by atoms with Crippen molar-refractivity contribution in [1.29, 1.82) is 0 Å². The van der Waals surface area contributed by atoms with E-state index in [9.17, 15) is 0 Å². The van der Waals surface area contributed by atoms with Crippen molar-refractivity contribution in [3.8, 4) is 45.3 Å². The van der Waals surface area contributed by atoms with Crippen LogP contribution in [0.4, 0.5) is 0 Å². The second-order valence-corrected chi connectivity index (χ2v) is 16.5. The van der Waals surface area contributed by atoms with Gasteiger partial charge in [-0.15, -0.1) is 34.0 Å². The minimum Gasteiger partial charge on any atom is -0.208 e. The molecule has 0 N–H and O–H groups in total. The first-order valence-corrected chi connectivity index (χ1v) is 19.8. The summed E-state index contributed by atoms with van der Waals surface area (Å²) in [4.78, 5) is 16.1. The molecule has 0 spiro atoms. The summed E-state index contributed by atoms with van der Waals surface area (Å²) < 4.78 is 7.38. The summed E-state index contributed by atoms with van der Waals surface area (Å²) in [5.41, 5.74) is 4.98. The summed E-state index contributed by atoms with van der Waals surface area (Å²) in [6.45, 7) is 0. The molecule has 0 unspecified atom stereocenters. The van der Waals surface area contributed by atoms with Crippen molar-refractivity contribution in [2.24, 2.45) is 0 Å². The van der Waals surface area contributed by atoms with Gasteiger partial charge in [0, 0.05) is 82.2 Å². The van der Waals surface area contributed by atoms with Crippen LogP contribution in [0.15, 0.2) is 146 Å². The largest absolute Gasteiger partial charge is 0.208 e. The van der Waals surface area contributed by atoms with Crippen LogP contribution in [0.5, 0.6) is 0 Å². The van der Waals surface area contributed by atoms with Crippen molar-refractivity contribution in [3.63, 3.8) is 0 Å². The summed E-state index contributed by atoms with van der Waals surface area (Å²) in [5, 5.41) is 7.84. The number of aromatic nitrogens is 3. The fraction of sp³-hybridized carbons (Fsp3) is 0. The topological polar surface area (TPSA) is 38.7 Å². The van der Waals surface area contributed by atoms with E-state index in [-0.39, 0.29) is 0 Å². The number of halogens is 1. The molecule has 0 amide bonds. The summed E-state index contributed by atoms with van der Waals surface area (Å²) in [6, 6.07) is 51.2. The van der Waals surface area contributed by atoms with E-state index in [0.717, 1.165) is 38.6 Å². The molecular formula is C45H24ClN3S3. The third-order valence-electron chi connectivity index (χ3n) is 9.84. The highest BCUT2D eigenvalue weighted by atomic mass is 35.5. The highest BCUT2D eigenvalue weighted by Crippen LogP contribution is 2.45. The molecule has 0 aliphatic rings. The van der Waals surface area contributed by atoms with E-state index in [1.54, 1.807) is 22.7 Å². The number of rotatable bonds is 4. The second kappa shape index (κ2) is 11.8. The van der Waals surface area contributed by atoms with Gasteiger partial charge in [-0.1, -0.05) is 103 Å². The number of nitrogens with zero attached hydrogens (tertiary/aromatic N) is 3. The second-order valence-electron chi connectivity index (χ2n) is 12.8. The molecule has 0 bridgehead atoms. The van der Waals surface area contributed by atoms with Crippen molar-refractivity contribution < 1.29 is 0 Å². The van der Waals surface area contributed by atoms with Gasteiger partial charge in [-0.05, 0) is 65.7 Å². The Morgan fingerprint density at radius 3 is 1.19 bits per heavy atom. The Kier molecular flexibility index (Phi) is 6.82. The fourth-order valence-electron chi connectivity index (χ4n) is 7.59. The van der Waals surface area contributed by atoms with Gasteiger partial charge in [0.05, 0.1) is 0 Å². The lowest BCUT2D eigenvalue weighted by Crippen LogP contribution is -2.01. The molecule has 7 heteroatoms. The van der Waals surface area contributed by atoms with Crippen LogP contribution in [0.3, 0.4) is 0 Å². The monoisotopic (exact) mass is 737 g/mol. The number of hydrogen-bond donors (Lipinski definition) is 0. The minimum absolute atomic E-state index is 0.608. The van der Waals surface area contributed by atoms with Crippen LogP contribution in [-0.2, 0) is 0 Å². The minimum atomic E-state index is 0.608. The zero-order valence-corrected chi connectivity index (χ0v) is 30.5. The van der Waals surface area contributed by atoms with Crippen LogP contribution in [0, 0.1) is 0 Å². The Labute approximate surface area is 315 Å². The van der Waals surface area contributed by atoms with Crippen molar-refractivity contribution in [1.82, 2.24) is 15.0 Å². The molecule has 11 aromatic rings. The van der Waals surface area contributed by atoms with Crippen LogP contribution in [0.25, 0.3) is 106 Å². The van der Waals surface area contributed by atoms with E-state index in [4.69, 9.17) is 26.6 Å². The van der Waals surface area contributed by atoms with E-state index in [1.807, 2.05) is 17.4 Å². The molecule has 244 valence electrons. The molecule has 7 aromatic carbocycles. The molecule has 11 rings (SSSR count). The maximum Gasteiger partial charge on any atom is 0.164 e. The van der Waals surface area contributed by atoms with Crippen LogP contribution >= 0.6 is 45.6 Å². The van der Waals surface area contributed by atoms with Crippen LogP contribution in [0.2, 0.25) is 5.02 Å². The average Bonchev–Trinajstić information content (AvgIpc) is 3.89. The van der Waals surface area contributed by atoms with Gasteiger partial charge in [-0.3, -0.25) is 0 Å². The van der Waals surface area contributed by atoms with Gasteiger partial charge in [-0.2, -0.15) is 0 Å². The third-order valence-corrected chi connectivity index (χ3v) is 13.5. The summed E-state index contributed by atoms with van der Waals surface area (Å²) in [7, 11) is 0. The smallest absolute Gasteiger partial charge is 0.164 e. The van der Waals surface area contributed by atoms with E-state index in [2.05, 4.69) is 140 Å². The Balaban J connectivity index is 1.23. The van der Waals surface area contributed by atoms with Crippen LogP contribution in [0.1, 0.15) is 0 Å². The Bertz CT molecular complexity index is 3100. The van der Waals surface area contributed by atoms with Gasteiger partial charge in [0.25, 0.3) is 0 Å². The molecule has 0 aliphatic heterocycles. The number of fused-ring (bicyclic) bond motifs is 9. The lowest BCUT2D eigenvalue weighted by Gasteiger charge is -2.14. The van der Waals surface area contributed by atoms with E-state index >= 15 is 0 Å². The van der Waals surface area contributed by atoms with Crippen LogP contribution in [-0.4, -0.2) is 15.0 Å². The lowest BCUT2D eigenvalue weighted by molar-refractivity contribution is 1.08. The first-order chi connectivity index (χ1) is 25.7. The standard InChI is InChI=1S/C45H24ClN3S3/c46-25-22-23-27(33(24-25)26-13-7-19-37-40(26)28-10-1-4-16-34(28)50-37)43-47-44(31-14-8-20-38-41(31)29-11-2-5-17-35(29)51-38)49-45(48-43)32-15-9-21-39-42(32)30-12-3-6-18-36(30)52-39/h1-24H. The summed E-state index contributed by atoms with van der Waals surface area (Å²) >= 11 is 12.2. The predicted octanol–water partition coefficient (Wildman–Crippen LogP) is 14.3. The first-order valence-electron chi connectivity index (χ1n) is 17.0. The third kappa shape index (κ3) is 4.65. The van der Waals surface area contributed by atoms with Gasteiger partial charge in [-0.25, -0.2) is 15.0 Å². The Morgan fingerprint density at radius 1 is 0.327 bits per heavy atom. The van der Waals surface area contributed by atoms with Gasteiger partial charge < -0.3 is 0 Å². The zero-order chi connectivity index (χ0) is 34.3. The van der Waals surface area contributed by atoms with Gasteiger partial charge >= 0.3 is 0 Å². The highest BCUT2D eigenvalue weighted by Gasteiger charge is 2.22. The van der Waals surface area contributed by atoms with Crippen molar-refractivity contribution >= 4 is 106 Å². The molecule has 0 radical (unpaired) electrons. The average molecular weight is 738 g/mol. The number of thiophene rings is 3. The van der Waals surface area contributed by atoms with E-state index < -0.39 is 0 Å². The van der Waals surface area contributed by atoms with Crippen molar-refractivity contribution in [2.75, 3.05) is 0 Å². The SMILES string of the molecule is Clc1ccc(-c2nc(-c3cccc4sc5ccccc5c34)nc(-c3cccc4sc5ccccc5c34)n2)c(-c2cccc3sc4ccccc4c23)c1. The molecule has 0 atom stereocenters. The van der Waals surface area contributed by atoms with Crippen molar-refractivity contribution in [2.45, 2.75) is 0 Å². The van der Waals surface area contributed by atoms with Gasteiger partial charge in [0.1, 0.15) is 0 Å². The molecule has 4 aromatic heterocycles. The quantitative estimate of drug-likeness (QED) is 0.180. The number of hydrogen-bond acceptors (Lipinski definition) is 6. The zero-order valence-electron chi connectivity index (χ0n) is 27.3. The molecule has 4 heterocycles. The Hall–Kier alpha value is -5.50. The van der Waals surface area contributed by atoms with Gasteiger partial charge in [0.15, 0.2) is 17.5 Å². The molecular weight excluding hydrogens is 714 g/mol. The summed E-state index contributed by atoms with van der Waals surface area (Å²) in [5.74, 6) is 1.90. The van der Waals surface area contributed by atoms with Crippen LogP contribution < -0.4 is 0 Å². The van der Waals surface area contributed by atoms with E-state index in [0.29, 0.717) is 22.5 Å². The molecule has 0 saturated heterocycles. The molecule has 0 fully saturated rings. The molecule has 0 saturated carbocycles. The normalized spacial score (nSPS) is 11.9.